The second-order valence-electron chi connectivity index (χ2n) is 6.16. The first-order valence-electron chi connectivity index (χ1n) is 8.91. The second-order valence-corrected chi connectivity index (χ2v) is 8.51. The zero-order valence-corrected chi connectivity index (χ0v) is 17.5. The van der Waals surface area contributed by atoms with E-state index in [1.165, 1.54) is 53.6 Å². The summed E-state index contributed by atoms with van der Waals surface area (Å²) in [7, 11) is 1.64. The molecule has 30 heavy (non-hydrogen) atoms. The number of aromatic nitrogens is 2. The molecule has 0 saturated heterocycles. The van der Waals surface area contributed by atoms with E-state index in [4.69, 9.17) is 4.74 Å². The number of pyridine rings is 1. The lowest BCUT2D eigenvalue weighted by molar-refractivity contribution is 0.103. The summed E-state index contributed by atoms with van der Waals surface area (Å²) < 4.78 is 19.2. The highest BCUT2D eigenvalue weighted by Crippen LogP contribution is 2.35. The van der Waals surface area contributed by atoms with Crippen LogP contribution in [0.3, 0.4) is 0 Å². The van der Waals surface area contributed by atoms with E-state index in [2.05, 4.69) is 15.3 Å². The van der Waals surface area contributed by atoms with Crippen molar-refractivity contribution >= 4 is 34.7 Å². The quantitative estimate of drug-likeness (QED) is 0.416. The Morgan fingerprint density at radius 1 is 1.10 bits per heavy atom. The van der Waals surface area contributed by atoms with Crippen molar-refractivity contribution in [2.75, 3.05) is 12.4 Å². The molecule has 5 nitrogen and oxygen atoms in total. The van der Waals surface area contributed by atoms with Gasteiger partial charge in [-0.15, -0.1) is 11.3 Å². The Balaban J connectivity index is 1.48. The monoisotopic (exact) mass is 437 g/mol. The molecule has 0 spiro atoms. The van der Waals surface area contributed by atoms with Gasteiger partial charge < -0.3 is 10.1 Å². The van der Waals surface area contributed by atoms with Gasteiger partial charge in [0.25, 0.3) is 5.91 Å². The fourth-order valence-electron chi connectivity index (χ4n) is 2.74. The number of halogens is 1. The Morgan fingerprint density at radius 2 is 1.90 bits per heavy atom. The molecular weight excluding hydrogens is 421 g/mol. The van der Waals surface area contributed by atoms with Crippen LogP contribution in [0.2, 0.25) is 0 Å². The van der Waals surface area contributed by atoms with Gasteiger partial charge in [0.05, 0.1) is 13.3 Å². The molecule has 0 aliphatic carbocycles. The number of rotatable bonds is 6. The third kappa shape index (κ3) is 4.67. The molecule has 0 bridgehead atoms. The standard InChI is InChI=1S/C22H16FN3O2S2/c1-28-19-5-3-2-4-18(19)14-10-17(12-24-11-14)29-22-25-13-20(30-22)21(27)26-16-8-6-15(23)7-9-16/h2-13H,1H3,(H,26,27). The lowest BCUT2D eigenvalue weighted by atomic mass is 10.1. The molecule has 2 heterocycles. The predicted octanol–water partition coefficient (Wildman–Crippen LogP) is 5.76. The van der Waals surface area contributed by atoms with Crippen molar-refractivity contribution in [3.63, 3.8) is 0 Å². The maximum Gasteiger partial charge on any atom is 0.267 e. The van der Waals surface area contributed by atoms with E-state index in [1.54, 1.807) is 19.5 Å². The first kappa shape index (κ1) is 20.1. The van der Waals surface area contributed by atoms with E-state index < -0.39 is 0 Å². The molecule has 0 radical (unpaired) electrons. The van der Waals surface area contributed by atoms with Gasteiger partial charge in [0.2, 0.25) is 0 Å². The van der Waals surface area contributed by atoms with Crippen molar-refractivity contribution in [1.29, 1.82) is 0 Å². The minimum Gasteiger partial charge on any atom is -0.496 e. The van der Waals surface area contributed by atoms with Crippen LogP contribution in [0.15, 0.2) is 82.4 Å². The summed E-state index contributed by atoms with van der Waals surface area (Å²) in [6, 6.07) is 15.4. The molecule has 4 rings (SSSR count). The number of hydrogen-bond acceptors (Lipinski definition) is 6. The molecule has 8 heteroatoms. The van der Waals surface area contributed by atoms with Crippen LogP contribution in [0, 0.1) is 5.82 Å². The van der Waals surface area contributed by atoms with E-state index >= 15 is 0 Å². The number of nitrogens with one attached hydrogen (secondary N) is 1. The molecule has 2 aromatic heterocycles. The number of hydrogen-bond donors (Lipinski definition) is 1. The number of thiazole rings is 1. The highest BCUT2D eigenvalue weighted by Gasteiger charge is 2.13. The zero-order chi connectivity index (χ0) is 20.9. The van der Waals surface area contributed by atoms with E-state index in [0.29, 0.717) is 10.6 Å². The third-order valence-electron chi connectivity index (χ3n) is 4.15. The van der Waals surface area contributed by atoms with Gasteiger partial charge in [-0.1, -0.05) is 30.0 Å². The van der Waals surface area contributed by atoms with Gasteiger partial charge in [-0.05, 0) is 36.4 Å². The van der Waals surface area contributed by atoms with Crippen LogP contribution in [0.5, 0.6) is 5.75 Å². The van der Waals surface area contributed by atoms with Crippen LogP contribution in [0.25, 0.3) is 11.1 Å². The topological polar surface area (TPSA) is 64.1 Å². The fourth-order valence-corrected chi connectivity index (χ4v) is 4.62. The van der Waals surface area contributed by atoms with Crippen molar-refractivity contribution in [2.24, 2.45) is 0 Å². The molecule has 150 valence electrons. The summed E-state index contributed by atoms with van der Waals surface area (Å²) in [5.74, 6) is 0.135. The number of methoxy groups -OCH3 is 1. The summed E-state index contributed by atoms with van der Waals surface area (Å²) in [4.78, 5) is 22.4. The van der Waals surface area contributed by atoms with Crippen LogP contribution >= 0.6 is 23.1 Å². The molecule has 0 aliphatic heterocycles. The number of carbonyl (C=O) groups excluding carboxylic acids is 1. The number of benzene rings is 2. The maximum absolute atomic E-state index is 13.0. The molecule has 0 aliphatic rings. The van der Waals surface area contributed by atoms with E-state index in [-0.39, 0.29) is 11.7 Å². The molecule has 2 aromatic carbocycles. The minimum absolute atomic E-state index is 0.285. The summed E-state index contributed by atoms with van der Waals surface area (Å²) in [5.41, 5.74) is 2.41. The Hall–Kier alpha value is -3.23. The highest BCUT2D eigenvalue weighted by atomic mass is 32.2. The Bertz CT molecular complexity index is 1180. The largest absolute Gasteiger partial charge is 0.496 e. The number of anilines is 1. The predicted molar refractivity (Wildman–Crippen MR) is 117 cm³/mol. The van der Waals surface area contributed by atoms with Gasteiger partial charge in [-0.25, -0.2) is 9.37 Å². The van der Waals surface area contributed by atoms with Crippen molar-refractivity contribution in [3.05, 3.63) is 83.9 Å². The molecule has 0 unspecified atom stereocenters. The zero-order valence-electron chi connectivity index (χ0n) is 15.8. The number of ether oxygens (including phenoxy) is 1. The molecule has 4 aromatic rings. The fraction of sp³-hybridized carbons (Fsp3) is 0.0455. The molecular formula is C22H16FN3O2S2. The molecule has 1 amide bonds. The molecule has 0 fully saturated rings. The van der Waals surface area contributed by atoms with Crippen LogP contribution in [-0.4, -0.2) is 23.0 Å². The summed E-state index contributed by atoms with van der Waals surface area (Å²) >= 11 is 2.71. The van der Waals surface area contributed by atoms with E-state index in [0.717, 1.165) is 26.1 Å². The van der Waals surface area contributed by atoms with Crippen LogP contribution in [0.4, 0.5) is 10.1 Å². The first-order valence-corrected chi connectivity index (χ1v) is 10.5. The third-order valence-corrected chi connectivity index (χ3v) is 6.18. The average Bonchev–Trinajstić information content (AvgIpc) is 3.24. The Labute approximate surface area is 181 Å². The van der Waals surface area contributed by atoms with Crippen molar-refractivity contribution in [3.8, 4) is 16.9 Å². The second kappa shape index (κ2) is 9.06. The van der Waals surface area contributed by atoms with Gasteiger partial charge in [-0.3, -0.25) is 9.78 Å². The normalized spacial score (nSPS) is 10.6. The van der Waals surface area contributed by atoms with Gasteiger partial charge in [0.1, 0.15) is 16.4 Å². The first-order chi connectivity index (χ1) is 14.6. The van der Waals surface area contributed by atoms with Crippen LogP contribution in [0.1, 0.15) is 9.67 Å². The number of nitrogens with zero attached hydrogens (tertiary/aromatic N) is 2. The van der Waals surface area contributed by atoms with Gasteiger partial charge in [0.15, 0.2) is 4.34 Å². The SMILES string of the molecule is COc1ccccc1-c1cncc(Sc2ncc(C(=O)Nc3ccc(F)cc3)s2)c1. The summed E-state index contributed by atoms with van der Waals surface area (Å²) in [6.07, 6.45) is 5.07. The summed E-state index contributed by atoms with van der Waals surface area (Å²) in [5, 5.41) is 2.74. The van der Waals surface area contributed by atoms with Crippen LogP contribution in [-0.2, 0) is 0 Å². The lowest BCUT2D eigenvalue weighted by Crippen LogP contribution is -2.09. The smallest absolute Gasteiger partial charge is 0.267 e. The van der Waals surface area contributed by atoms with Crippen LogP contribution < -0.4 is 10.1 Å². The lowest BCUT2D eigenvalue weighted by Gasteiger charge is -2.08. The minimum atomic E-state index is -0.353. The molecule has 0 atom stereocenters. The van der Waals surface area contributed by atoms with E-state index in [9.17, 15) is 9.18 Å². The van der Waals surface area contributed by atoms with Gasteiger partial charge in [0, 0.05) is 34.1 Å². The van der Waals surface area contributed by atoms with E-state index in [1.807, 2.05) is 30.3 Å². The Morgan fingerprint density at radius 3 is 2.70 bits per heavy atom. The number of amides is 1. The van der Waals surface area contributed by atoms with Gasteiger partial charge >= 0.3 is 0 Å². The summed E-state index contributed by atoms with van der Waals surface area (Å²) in [6.45, 7) is 0. The number of carbonyl (C=O) groups is 1. The van der Waals surface area contributed by atoms with Gasteiger partial charge in [-0.2, -0.15) is 0 Å². The Kier molecular flexibility index (Phi) is 6.06. The van der Waals surface area contributed by atoms with Crippen molar-refractivity contribution in [1.82, 2.24) is 9.97 Å². The van der Waals surface area contributed by atoms with Crippen molar-refractivity contribution < 1.29 is 13.9 Å². The highest BCUT2D eigenvalue weighted by molar-refractivity contribution is 8.01. The molecule has 0 saturated carbocycles. The van der Waals surface area contributed by atoms with Crippen molar-refractivity contribution in [2.45, 2.75) is 9.24 Å². The average molecular weight is 438 g/mol. The number of para-hydroxylation sites is 1. The maximum atomic E-state index is 13.0. The molecule has 1 N–H and O–H groups in total.